The number of hydrogen-bond donors (Lipinski definition) is 1. The largest absolute Gasteiger partial charge is 0.376 e. The normalized spacial score (nSPS) is 20.8. The van der Waals surface area contributed by atoms with Crippen LogP contribution < -0.4 is 5.32 Å². The summed E-state index contributed by atoms with van der Waals surface area (Å²) in [5.41, 5.74) is 0.877. The molecule has 1 aliphatic heterocycles. The fraction of sp³-hybridized carbons (Fsp3) is 0.625. The number of likely N-dealkylation sites (N-methyl/N-ethyl adjacent to an activating group) is 1. The Morgan fingerprint density at radius 3 is 3.05 bits per heavy atom. The van der Waals surface area contributed by atoms with Gasteiger partial charge in [-0.05, 0) is 43.5 Å². The van der Waals surface area contributed by atoms with Gasteiger partial charge in [0, 0.05) is 13.2 Å². The van der Waals surface area contributed by atoms with E-state index in [4.69, 9.17) is 9.47 Å². The maximum Gasteiger partial charge on any atom is 0.123 e. The Balaban J connectivity index is 1.92. The lowest BCUT2D eigenvalue weighted by Gasteiger charge is -2.26. The van der Waals surface area contributed by atoms with Gasteiger partial charge >= 0.3 is 0 Å². The lowest BCUT2D eigenvalue weighted by atomic mass is 10.1. The van der Waals surface area contributed by atoms with Crippen LogP contribution in [0.5, 0.6) is 0 Å². The molecule has 1 aromatic rings. The number of ether oxygens (including phenoxy) is 2. The monoisotopic (exact) mass is 281 g/mol. The number of hydrogen-bond acceptors (Lipinski definition) is 3. The molecule has 4 heteroatoms. The lowest BCUT2D eigenvalue weighted by molar-refractivity contribution is -0.0633. The van der Waals surface area contributed by atoms with Crippen LogP contribution in [0.3, 0.4) is 0 Å². The Morgan fingerprint density at radius 2 is 2.35 bits per heavy atom. The molecule has 20 heavy (non-hydrogen) atoms. The van der Waals surface area contributed by atoms with Crippen LogP contribution in [0.15, 0.2) is 24.3 Å². The van der Waals surface area contributed by atoms with E-state index >= 15 is 0 Å². The molecule has 3 nitrogen and oxygen atoms in total. The van der Waals surface area contributed by atoms with Crippen LogP contribution >= 0.6 is 0 Å². The fourth-order valence-electron chi connectivity index (χ4n) is 2.42. The van der Waals surface area contributed by atoms with Gasteiger partial charge in [-0.25, -0.2) is 4.39 Å². The number of nitrogens with one attached hydrogen (secondary N) is 1. The molecule has 0 amide bonds. The van der Waals surface area contributed by atoms with Crippen molar-refractivity contribution in [2.45, 2.75) is 38.4 Å². The van der Waals surface area contributed by atoms with E-state index in [0.29, 0.717) is 13.2 Å². The minimum Gasteiger partial charge on any atom is -0.376 e. The van der Waals surface area contributed by atoms with Crippen molar-refractivity contribution in [3.8, 4) is 0 Å². The topological polar surface area (TPSA) is 30.5 Å². The van der Waals surface area contributed by atoms with Crippen molar-refractivity contribution in [2.75, 3.05) is 26.3 Å². The van der Waals surface area contributed by atoms with Gasteiger partial charge in [-0.2, -0.15) is 0 Å². The molecular weight excluding hydrogens is 257 g/mol. The van der Waals surface area contributed by atoms with Crippen LogP contribution in [0, 0.1) is 5.82 Å². The molecule has 1 fully saturated rings. The number of halogens is 1. The van der Waals surface area contributed by atoms with Gasteiger partial charge in [-0.1, -0.05) is 19.1 Å². The van der Waals surface area contributed by atoms with Gasteiger partial charge in [-0.3, -0.25) is 0 Å². The van der Waals surface area contributed by atoms with E-state index in [1.54, 1.807) is 12.1 Å². The van der Waals surface area contributed by atoms with Crippen molar-refractivity contribution in [2.24, 2.45) is 0 Å². The number of rotatable bonds is 7. The highest BCUT2D eigenvalue weighted by atomic mass is 19.1. The van der Waals surface area contributed by atoms with Crippen LogP contribution in [-0.2, 0) is 9.47 Å². The Labute approximate surface area is 120 Å². The number of benzene rings is 1. The standard InChI is InChI=1S/C16H24FNO2/c1-2-18-11-16(13-6-5-7-14(17)10-13)20-12-15-8-3-4-9-19-15/h5-7,10,15-16,18H,2-4,8-9,11-12H2,1H3. The summed E-state index contributed by atoms with van der Waals surface area (Å²) in [5, 5.41) is 3.27. The molecule has 1 aliphatic rings. The van der Waals surface area contributed by atoms with Gasteiger partial charge in [0.15, 0.2) is 0 Å². The maximum absolute atomic E-state index is 13.3. The molecule has 1 N–H and O–H groups in total. The Bertz CT molecular complexity index is 394. The molecule has 0 aromatic heterocycles. The van der Waals surface area contributed by atoms with Crippen molar-refractivity contribution in [3.63, 3.8) is 0 Å². The summed E-state index contributed by atoms with van der Waals surface area (Å²) in [6.45, 7) is 5.01. The van der Waals surface area contributed by atoms with E-state index in [-0.39, 0.29) is 18.0 Å². The van der Waals surface area contributed by atoms with Crippen LogP contribution in [0.2, 0.25) is 0 Å². The van der Waals surface area contributed by atoms with Gasteiger partial charge in [-0.15, -0.1) is 0 Å². The van der Waals surface area contributed by atoms with E-state index in [1.165, 1.54) is 12.5 Å². The summed E-state index contributed by atoms with van der Waals surface area (Å²) in [6.07, 6.45) is 3.45. The zero-order valence-electron chi connectivity index (χ0n) is 12.1. The Morgan fingerprint density at radius 1 is 1.45 bits per heavy atom. The molecule has 0 spiro atoms. The molecule has 2 rings (SSSR count). The molecule has 0 bridgehead atoms. The molecule has 1 aromatic carbocycles. The minimum absolute atomic E-state index is 0.129. The summed E-state index contributed by atoms with van der Waals surface area (Å²) < 4.78 is 25.0. The Kier molecular flexibility index (Phi) is 6.43. The third-order valence-electron chi connectivity index (χ3n) is 3.56. The maximum atomic E-state index is 13.3. The predicted octanol–water partition coefficient (Wildman–Crippen LogP) is 3.06. The second kappa shape index (κ2) is 8.35. The molecule has 0 radical (unpaired) electrons. The summed E-state index contributed by atoms with van der Waals surface area (Å²) in [6, 6.07) is 6.64. The molecule has 2 unspecified atom stereocenters. The van der Waals surface area contributed by atoms with E-state index < -0.39 is 0 Å². The molecule has 1 saturated heterocycles. The van der Waals surface area contributed by atoms with Gasteiger partial charge < -0.3 is 14.8 Å². The second-order valence-electron chi connectivity index (χ2n) is 5.17. The molecule has 0 saturated carbocycles. The fourth-order valence-corrected chi connectivity index (χ4v) is 2.42. The highest BCUT2D eigenvalue weighted by molar-refractivity contribution is 5.19. The molecule has 2 atom stereocenters. The van der Waals surface area contributed by atoms with Crippen LogP contribution in [0.4, 0.5) is 4.39 Å². The van der Waals surface area contributed by atoms with Crippen molar-refractivity contribution in [1.29, 1.82) is 0 Å². The van der Waals surface area contributed by atoms with Crippen molar-refractivity contribution in [3.05, 3.63) is 35.6 Å². The molecule has 1 heterocycles. The van der Waals surface area contributed by atoms with Gasteiger partial charge in [0.25, 0.3) is 0 Å². The summed E-state index contributed by atoms with van der Waals surface area (Å²) in [5.74, 6) is -0.221. The minimum atomic E-state index is -0.221. The summed E-state index contributed by atoms with van der Waals surface area (Å²) >= 11 is 0. The first-order chi connectivity index (χ1) is 9.79. The zero-order chi connectivity index (χ0) is 14.2. The smallest absolute Gasteiger partial charge is 0.123 e. The third kappa shape index (κ3) is 4.85. The first-order valence-electron chi connectivity index (χ1n) is 7.49. The molecule has 0 aliphatic carbocycles. The van der Waals surface area contributed by atoms with Gasteiger partial charge in [0.05, 0.1) is 18.8 Å². The highest BCUT2D eigenvalue weighted by Crippen LogP contribution is 2.20. The summed E-state index contributed by atoms with van der Waals surface area (Å²) in [7, 11) is 0. The molecule has 112 valence electrons. The van der Waals surface area contributed by atoms with Gasteiger partial charge in [0.2, 0.25) is 0 Å². The van der Waals surface area contributed by atoms with Gasteiger partial charge in [0.1, 0.15) is 5.82 Å². The third-order valence-corrected chi connectivity index (χ3v) is 3.56. The van der Waals surface area contributed by atoms with Crippen LogP contribution in [0.25, 0.3) is 0 Å². The first kappa shape index (κ1) is 15.4. The van der Waals surface area contributed by atoms with Crippen LogP contribution in [-0.4, -0.2) is 32.4 Å². The second-order valence-corrected chi connectivity index (χ2v) is 5.17. The van der Waals surface area contributed by atoms with Crippen molar-refractivity contribution >= 4 is 0 Å². The SMILES string of the molecule is CCNCC(OCC1CCCCO1)c1cccc(F)c1. The predicted molar refractivity (Wildman–Crippen MR) is 77.2 cm³/mol. The van der Waals surface area contributed by atoms with E-state index in [2.05, 4.69) is 5.32 Å². The van der Waals surface area contributed by atoms with E-state index in [0.717, 1.165) is 31.6 Å². The van der Waals surface area contributed by atoms with E-state index in [1.807, 2.05) is 13.0 Å². The lowest BCUT2D eigenvalue weighted by Crippen LogP contribution is -2.29. The van der Waals surface area contributed by atoms with E-state index in [9.17, 15) is 4.39 Å². The average molecular weight is 281 g/mol. The van der Waals surface area contributed by atoms with Crippen LogP contribution in [0.1, 0.15) is 37.9 Å². The average Bonchev–Trinajstić information content (AvgIpc) is 2.48. The van der Waals surface area contributed by atoms with Crippen molar-refractivity contribution < 1.29 is 13.9 Å². The highest BCUT2D eigenvalue weighted by Gasteiger charge is 2.18. The zero-order valence-corrected chi connectivity index (χ0v) is 12.1. The summed E-state index contributed by atoms with van der Waals surface area (Å²) in [4.78, 5) is 0. The Hall–Kier alpha value is -0.970. The molecular formula is C16H24FNO2. The quantitative estimate of drug-likeness (QED) is 0.833. The van der Waals surface area contributed by atoms with Crippen molar-refractivity contribution in [1.82, 2.24) is 5.32 Å². The first-order valence-corrected chi connectivity index (χ1v) is 7.49.